The Morgan fingerprint density at radius 2 is 1.95 bits per heavy atom. The zero-order chi connectivity index (χ0) is 15.4. The first-order chi connectivity index (χ1) is 10.0. The molecule has 1 aliphatic carbocycles. The molecule has 0 saturated heterocycles. The number of ether oxygens (including phenoxy) is 2. The summed E-state index contributed by atoms with van der Waals surface area (Å²) in [7, 11) is 3.22. The smallest absolute Gasteiger partial charge is 0.307 e. The van der Waals surface area contributed by atoms with E-state index in [0.717, 1.165) is 0 Å². The molecule has 0 radical (unpaired) electrons. The molecule has 21 heavy (non-hydrogen) atoms. The second-order valence-corrected chi connectivity index (χ2v) is 5.05. The molecule has 0 spiro atoms. The molecule has 6 nitrogen and oxygen atoms in total. The summed E-state index contributed by atoms with van der Waals surface area (Å²) in [5.41, 5.74) is 0. The summed E-state index contributed by atoms with van der Waals surface area (Å²) < 4.78 is 10.8. The van der Waals surface area contributed by atoms with Gasteiger partial charge >= 0.3 is 5.97 Å². The van der Waals surface area contributed by atoms with Crippen molar-refractivity contribution >= 4 is 11.9 Å². The van der Waals surface area contributed by atoms with Crippen molar-refractivity contribution in [1.82, 2.24) is 4.90 Å². The predicted octanol–water partition coefficient (Wildman–Crippen LogP) is 1.25. The predicted molar refractivity (Wildman–Crippen MR) is 75.4 cm³/mol. The second-order valence-electron chi connectivity index (χ2n) is 5.05. The lowest BCUT2D eigenvalue weighted by atomic mass is 10.3. The number of methoxy groups -OCH3 is 1. The monoisotopic (exact) mass is 293 g/mol. The van der Waals surface area contributed by atoms with Crippen molar-refractivity contribution in [2.45, 2.75) is 6.42 Å². The third-order valence-corrected chi connectivity index (χ3v) is 3.55. The number of amides is 1. The van der Waals surface area contributed by atoms with E-state index in [-0.39, 0.29) is 11.8 Å². The molecular weight excluding hydrogens is 274 g/mol. The Balaban J connectivity index is 1.78. The molecule has 2 rings (SSSR count). The SMILES string of the molecule is COc1ccccc1OCCN(C)C(=O)C1CC1C(=O)O. The second kappa shape index (κ2) is 6.47. The maximum absolute atomic E-state index is 12.0. The summed E-state index contributed by atoms with van der Waals surface area (Å²) in [5.74, 6) is -0.665. The fraction of sp³-hybridized carbons (Fsp3) is 0.467. The van der Waals surface area contributed by atoms with Gasteiger partial charge in [0.05, 0.1) is 25.5 Å². The van der Waals surface area contributed by atoms with Crippen LogP contribution >= 0.6 is 0 Å². The number of rotatable bonds is 7. The van der Waals surface area contributed by atoms with Gasteiger partial charge in [0.25, 0.3) is 0 Å². The van der Waals surface area contributed by atoms with E-state index < -0.39 is 11.9 Å². The maximum Gasteiger partial charge on any atom is 0.307 e. The van der Waals surface area contributed by atoms with Gasteiger partial charge in [-0.05, 0) is 18.6 Å². The van der Waals surface area contributed by atoms with Gasteiger partial charge in [-0.15, -0.1) is 0 Å². The first-order valence-corrected chi connectivity index (χ1v) is 6.78. The summed E-state index contributed by atoms with van der Waals surface area (Å²) in [6.07, 6.45) is 0.436. The number of carboxylic acid groups (broad SMARTS) is 1. The summed E-state index contributed by atoms with van der Waals surface area (Å²) in [5, 5.41) is 8.83. The highest BCUT2D eigenvalue weighted by Gasteiger charge is 2.49. The molecule has 1 aromatic rings. The van der Waals surface area contributed by atoms with E-state index >= 15 is 0 Å². The van der Waals surface area contributed by atoms with Crippen LogP contribution in [0.1, 0.15) is 6.42 Å². The Kier molecular flexibility index (Phi) is 4.67. The van der Waals surface area contributed by atoms with Crippen molar-refractivity contribution in [3.63, 3.8) is 0 Å². The highest BCUT2D eigenvalue weighted by atomic mass is 16.5. The van der Waals surface area contributed by atoms with Crippen LogP contribution in [0.5, 0.6) is 11.5 Å². The average molecular weight is 293 g/mol. The lowest BCUT2D eigenvalue weighted by Gasteiger charge is -2.18. The largest absolute Gasteiger partial charge is 0.493 e. The van der Waals surface area contributed by atoms with Crippen molar-refractivity contribution in [1.29, 1.82) is 0 Å². The molecule has 1 N–H and O–H groups in total. The number of hydrogen-bond donors (Lipinski definition) is 1. The van der Waals surface area contributed by atoms with E-state index in [2.05, 4.69) is 0 Å². The van der Waals surface area contributed by atoms with Gasteiger partial charge in [0.15, 0.2) is 11.5 Å². The summed E-state index contributed by atoms with van der Waals surface area (Å²) in [4.78, 5) is 24.2. The minimum Gasteiger partial charge on any atom is -0.493 e. The van der Waals surface area contributed by atoms with Crippen LogP contribution in [0.2, 0.25) is 0 Å². The van der Waals surface area contributed by atoms with Crippen LogP contribution in [-0.2, 0) is 9.59 Å². The van der Waals surface area contributed by atoms with Crippen LogP contribution in [-0.4, -0.2) is 49.2 Å². The summed E-state index contributed by atoms with van der Waals surface area (Å²) >= 11 is 0. The van der Waals surface area contributed by atoms with Gasteiger partial charge < -0.3 is 19.5 Å². The zero-order valence-corrected chi connectivity index (χ0v) is 12.1. The van der Waals surface area contributed by atoms with E-state index in [1.165, 1.54) is 4.90 Å². The average Bonchev–Trinajstić information content (AvgIpc) is 3.27. The molecule has 2 atom stereocenters. The molecule has 2 unspecified atom stereocenters. The van der Waals surface area contributed by atoms with Gasteiger partial charge in [-0.2, -0.15) is 0 Å². The highest BCUT2D eigenvalue weighted by Crippen LogP contribution is 2.39. The first-order valence-electron chi connectivity index (χ1n) is 6.78. The number of nitrogens with zero attached hydrogens (tertiary/aromatic N) is 1. The summed E-state index contributed by atoms with van der Waals surface area (Å²) in [6, 6.07) is 7.28. The Bertz CT molecular complexity index is 531. The Hall–Kier alpha value is -2.24. The van der Waals surface area contributed by atoms with Crippen molar-refractivity contribution in [2.75, 3.05) is 27.3 Å². The van der Waals surface area contributed by atoms with Gasteiger partial charge in [0, 0.05) is 7.05 Å². The molecule has 1 amide bonds. The van der Waals surface area contributed by atoms with Gasteiger partial charge in [0.1, 0.15) is 6.61 Å². The van der Waals surface area contributed by atoms with E-state index in [1.54, 1.807) is 26.3 Å². The number of carboxylic acids is 1. The molecule has 0 heterocycles. The van der Waals surface area contributed by atoms with Crippen LogP contribution in [0.15, 0.2) is 24.3 Å². The quantitative estimate of drug-likeness (QED) is 0.819. The fourth-order valence-electron chi connectivity index (χ4n) is 2.16. The number of para-hydroxylation sites is 2. The normalized spacial score (nSPS) is 19.7. The third kappa shape index (κ3) is 3.65. The molecule has 114 valence electrons. The number of hydrogen-bond acceptors (Lipinski definition) is 4. The van der Waals surface area contributed by atoms with Crippen LogP contribution in [0, 0.1) is 11.8 Å². The minimum absolute atomic E-state index is 0.133. The van der Waals surface area contributed by atoms with Crippen molar-refractivity contribution in [3.05, 3.63) is 24.3 Å². The Morgan fingerprint density at radius 3 is 2.52 bits per heavy atom. The number of likely N-dealkylation sites (N-methyl/N-ethyl adjacent to an activating group) is 1. The van der Waals surface area contributed by atoms with Gasteiger partial charge in [-0.25, -0.2) is 0 Å². The van der Waals surface area contributed by atoms with E-state index in [1.807, 2.05) is 12.1 Å². The zero-order valence-electron chi connectivity index (χ0n) is 12.1. The maximum atomic E-state index is 12.0. The van der Waals surface area contributed by atoms with Crippen molar-refractivity contribution in [2.24, 2.45) is 11.8 Å². The number of carbonyl (C=O) groups excluding carboxylic acids is 1. The molecule has 1 aliphatic rings. The first kappa shape index (κ1) is 15.2. The lowest BCUT2D eigenvalue weighted by Crippen LogP contribution is -2.32. The summed E-state index contributed by atoms with van der Waals surface area (Å²) in [6.45, 7) is 0.729. The van der Waals surface area contributed by atoms with Crippen molar-refractivity contribution in [3.8, 4) is 11.5 Å². The Labute approximate surface area is 123 Å². The molecule has 0 aromatic heterocycles. The highest BCUT2D eigenvalue weighted by molar-refractivity contribution is 5.89. The third-order valence-electron chi connectivity index (χ3n) is 3.55. The van der Waals surface area contributed by atoms with E-state index in [4.69, 9.17) is 14.6 Å². The molecule has 1 aromatic carbocycles. The molecular formula is C15H19NO5. The van der Waals surface area contributed by atoms with Crippen LogP contribution < -0.4 is 9.47 Å². The fourth-order valence-corrected chi connectivity index (χ4v) is 2.16. The topological polar surface area (TPSA) is 76.1 Å². The van der Waals surface area contributed by atoms with Crippen LogP contribution in [0.3, 0.4) is 0 Å². The molecule has 1 fully saturated rings. The number of carbonyl (C=O) groups is 2. The van der Waals surface area contributed by atoms with Gasteiger partial charge in [-0.1, -0.05) is 12.1 Å². The van der Waals surface area contributed by atoms with Gasteiger partial charge in [0.2, 0.25) is 5.91 Å². The van der Waals surface area contributed by atoms with Gasteiger partial charge in [-0.3, -0.25) is 9.59 Å². The van der Waals surface area contributed by atoms with Crippen LogP contribution in [0.25, 0.3) is 0 Å². The van der Waals surface area contributed by atoms with Crippen molar-refractivity contribution < 1.29 is 24.2 Å². The molecule has 0 aliphatic heterocycles. The lowest BCUT2D eigenvalue weighted by molar-refractivity contribution is -0.141. The molecule has 6 heteroatoms. The molecule has 1 saturated carbocycles. The number of benzene rings is 1. The van der Waals surface area contributed by atoms with E-state index in [9.17, 15) is 9.59 Å². The van der Waals surface area contributed by atoms with E-state index in [0.29, 0.717) is 31.1 Å². The Morgan fingerprint density at radius 1 is 1.29 bits per heavy atom. The standard InChI is InChI=1S/C15H19NO5/c1-16(14(17)10-9-11(10)15(18)19)7-8-21-13-6-4-3-5-12(13)20-2/h3-6,10-11H,7-9H2,1-2H3,(H,18,19). The molecule has 0 bridgehead atoms. The van der Waals surface area contributed by atoms with Crippen LogP contribution in [0.4, 0.5) is 0 Å². The number of aliphatic carboxylic acids is 1. The minimum atomic E-state index is -0.896.